The molecule has 0 saturated heterocycles. The number of methoxy groups -OCH3 is 1. The van der Waals surface area contributed by atoms with Gasteiger partial charge in [-0.05, 0) is 113 Å². The fraction of sp³-hybridized carbons (Fsp3) is 0.417. The Labute approximate surface area is 303 Å². The molecule has 50 heavy (non-hydrogen) atoms. The predicted octanol–water partition coefficient (Wildman–Crippen LogP) is 13.2. The van der Waals surface area contributed by atoms with Gasteiger partial charge < -0.3 is 4.74 Å². The van der Waals surface area contributed by atoms with E-state index < -0.39 is 8.07 Å². The highest BCUT2D eigenvalue weighted by Crippen LogP contribution is 2.57. The van der Waals surface area contributed by atoms with Crippen LogP contribution in [0, 0.1) is 13.8 Å². The summed E-state index contributed by atoms with van der Waals surface area (Å²) in [4.78, 5) is 0. The molecule has 0 saturated carbocycles. The summed E-state index contributed by atoms with van der Waals surface area (Å²) in [6.07, 6.45) is 8.76. The maximum absolute atomic E-state index is 6.38. The molecule has 0 amide bonds. The Kier molecular flexibility index (Phi) is 8.34. The smallest absolute Gasteiger partial charge is 0.131 e. The number of ether oxygens (including phenoxy) is 1. The largest absolute Gasteiger partial charge is 0.496 e. The second-order valence-corrected chi connectivity index (χ2v) is 23.3. The molecule has 4 aromatic carbocycles. The maximum atomic E-state index is 6.38. The van der Waals surface area contributed by atoms with Gasteiger partial charge in [-0.25, -0.2) is 0 Å². The number of hydrogen-bond acceptors (Lipinski definition) is 1. The first-order valence-corrected chi connectivity index (χ1v) is 22.1. The monoisotopic (exact) mass is 678 g/mol. The van der Waals surface area contributed by atoms with Crippen LogP contribution in [0.2, 0.25) is 13.1 Å². The molecule has 2 unspecified atom stereocenters. The van der Waals surface area contributed by atoms with Crippen LogP contribution in [0.1, 0.15) is 129 Å². The normalized spacial score (nSPS) is 18.5. The molecule has 1 nitrogen and oxygen atoms in total. The summed E-state index contributed by atoms with van der Waals surface area (Å²) in [5, 5.41) is 0. The minimum absolute atomic E-state index is 0.0610. The number of fused-ring (bicyclic) bond motifs is 3. The van der Waals surface area contributed by atoms with E-state index >= 15 is 0 Å². The molecule has 260 valence electrons. The molecular formula is C48H58OSi. The molecule has 7 rings (SSSR count). The minimum Gasteiger partial charge on any atom is -0.496 e. The summed E-state index contributed by atoms with van der Waals surface area (Å²) >= 11 is 0. The molecule has 0 bridgehead atoms. The van der Waals surface area contributed by atoms with Gasteiger partial charge in [0.2, 0.25) is 0 Å². The molecule has 0 fully saturated rings. The topological polar surface area (TPSA) is 9.23 Å². The van der Waals surface area contributed by atoms with Crippen LogP contribution in [0.25, 0.3) is 34.4 Å². The van der Waals surface area contributed by atoms with Gasteiger partial charge in [-0.2, -0.15) is 0 Å². The van der Waals surface area contributed by atoms with Crippen molar-refractivity contribution in [2.75, 3.05) is 7.11 Å². The van der Waals surface area contributed by atoms with Crippen LogP contribution in [0.15, 0.2) is 65.7 Å². The zero-order chi connectivity index (χ0) is 36.1. The molecule has 2 heteroatoms. The van der Waals surface area contributed by atoms with Crippen molar-refractivity contribution in [3.8, 4) is 28.0 Å². The lowest BCUT2D eigenvalue weighted by Crippen LogP contribution is -2.42. The molecular weight excluding hydrogens is 621 g/mol. The lowest BCUT2D eigenvalue weighted by Gasteiger charge is -2.40. The van der Waals surface area contributed by atoms with Crippen molar-refractivity contribution in [1.82, 2.24) is 0 Å². The van der Waals surface area contributed by atoms with Crippen molar-refractivity contribution in [3.63, 3.8) is 0 Å². The second-order valence-electron chi connectivity index (χ2n) is 18.5. The Morgan fingerprint density at radius 3 is 1.74 bits per heavy atom. The van der Waals surface area contributed by atoms with Gasteiger partial charge in [-0.15, -0.1) is 0 Å². The Morgan fingerprint density at radius 1 is 0.640 bits per heavy atom. The van der Waals surface area contributed by atoms with Gasteiger partial charge in [0.25, 0.3) is 0 Å². The molecule has 3 aliphatic carbocycles. The first kappa shape index (κ1) is 34.8. The minimum atomic E-state index is -2.09. The third-order valence-electron chi connectivity index (χ3n) is 12.2. The first-order valence-electron chi connectivity index (χ1n) is 18.9. The molecule has 0 spiro atoms. The van der Waals surface area contributed by atoms with Gasteiger partial charge in [0.1, 0.15) is 5.75 Å². The van der Waals surface area contributed by atoms with Gasteiger partial charge >= 0.3 is 0 Å². The highest BCUT2D eigenvalue weighted by Gasteiger charge is 2.48. The summed E-state index contributed by atoms with van der Waals surface area (Å²) in [6, 6.07) is 21.7. The van der Waals surface area contributed by atoms with Crippen molar-refractivity contribution in [2.24, 2.45) is 0 Å². The lowest BCUT2D eigenvalue weighted by molar-refractivity contribution is 0.399. The van der Waals surface area contributed by atoms with Crippen LogP contribution in [0.5, 0.6) is 5.75 Å². The number of rotatable bonds is 5. The fourth-order valence-electron chi connectivity index (χ4n) is 10.2. The maximum Gasteiger partial charge on any atom is 0.131 e. The molecule has 0 aromatic heterocycles. The molecule has 2 atom stereocenters. The molecule has 3 aliphatic rings. The average Bonchev–Trinajstić information content (AvgIpc) is 3.71. The third-order valence-corrected chi connectivity index (χ3v) is 16.7. The Hall–Kier alpha value is -3.62. The van der Waals surface area contributed by atoms with Gasteiger partial charge in [0.15, 0.2) is 0 Å². The van der Waals surface area contributed by atoms with Crippen molar-refractivity contribution in [3.05, 3.63) is 121 Å². The van der Waals surface area contributed by atoms with E-state index in [1.807, 2.05) is 7.11 Å². The van der Waals surface area contributed by atoms with Crippen molar-refractivity contribution >= 4 is 20.2 Å². The van der Waals surface area contributed by atoms with Crippen LogP contribution >= 0.6 is 0 Å². The summed E-state index contributed by atoms with van der Waals surface area (Å²) in [6.45, 7) is 28.6. The zero-order valence-electron chi connectivity index (χ0n) is 33.0. The van der Waals surface area contributed by atoms with Crippen molar-refractivity contribution < 1.29 is 4.74 Å². The third kappa shape index (κ3) is 5.58. The Morgan fingerprint density at radius 2 is 1.20 bits per heavy atom. The first-order chi connectivity index (χ1) is 23.4. The van der Waals surface area contributed by atoms with Crippen LogP contribution in [0.3, 0.4) is 0 Å². The van der Waals surface area contributed by atoms with Gasteiger partial charge in [0.05, 0.1) is 15.2 Å². The molecule has 0 N–H and O–H groups in total. The SMILES string of the molecule is COc1c(C(C)(C)C)cc2c(c1-c1cc(C)cc(C)c1)C=C(C)C2[Si](C)(C)C1C(C)=Cc2c1cc1c(c2-c2ccc(C(C)(C)C)cc2)CCC1. The van der Waals surface area contributed by atoms with Gasteiger partial charge in [-0.3, -0.25) is 0 Å². The molecule has 0 radical (unpaired) electrons. The highest BCUT2D eigenvalue weighted by atomic mass is 28.3. The summed E-state index contributed by atoms with van der Waals surface area (Å²) in [5.74, 6) is 1.03. The highest BCUT2D eigenvalue weighted by molar-refractivity contribution is 6.81. The van der Waals surface area contributed by atoms with E-state index in [0.29, 0.717) is 11.1 Å². The van der Waals surface area contributed by atoms with Crippen LogP contribution < -0.4 is 4.74 Å². The molecule has 0 heterocycles. The zero-order valence-corrected chi connectivity index (χ0v) is 34.0. The van der Waals surface area contributed by atoms with E-state index in [-0.39, 0.29) is 10.8 Å². The summed E-state index contributed by atoms with van der Waals surface area (Å²) in [5.41, 5.74) is 23.9. The Bertz CT molecular complexity index is 2070. The number of allylic oxidation sites excluding steroid dienone is 2. The number of hydrogen-bond donors (Lipinski definition) is 0. The second kappa shape index (κ2) is 12.0. The van der Waals surface area contributed by atoms with Crippen LogP contribution in [0.4, 0.5) is 0 Å². The fourth-order valence-corrected chi connectivity index (χ4v) is 15.1. The van der Waals surface area contributed by atoms with Gasteiger partial charge in [0, 0.05) is 22.2 Å². The lowest BCUT2D eigenvalue weighted by atomic mass is 9.81. The van der Waals surface area contributed by atoms with E-state index in [1.54, 1.807) is 22.3 Å². The average molecular weight is 679 g/mol. The van der Waals surface area contributed by atoms with Crippen LogP contribution in [-0.4, -0.2) is 15.2 Å². The quantitative estimate of drug-likeness (QED) is 0.191. The van der Waals surface area contributed by atoms with E-state index in [0.717, 1.165) is 5.75 Å². The van der Waals surface area contributed by atoms with E-state index in [2.05, 4.69) is 149 Å². The number of aryl methyl sites for hydroxylation is 3. The predicted molar refractivity (Wildman–Crippen MR) is 219 cm³/mol. The molecule has 4 aromatic rings. The standard InChI is InChI=1S/C48H58OSi/c1-28-21-29(2)23-34(22-28)43-38-25-31(4)46(40(38)27-41(44(43)49-11)48(8,9)10)50(12,13)45-30(3)24-37-39(45)26-33-15-14-16-36(33)42(37)32-17-19-35(20-18-32)47(5,6)7/h17-27,45-46H,14-16H2,1-13H3. The van der Waals surface area contributed by atoms with Gasteiger partial charge in [-0.1, -0.05) is 144 Å². The molecule has 0 aliphatic heterocycles. The number of benzene rings is 4. The van der Waals surface area contributed by atoms with E-state index in [1.165, 1.54) is 86.0 Å². The van der Waals surface area contributed by atoms with Crippen molar-refractivity contribution in [2.45, 2.75) is 124 Å². The van der Waals surface area contributed by atoms with E-state index in [9.17, 15) is 0 Å². The van der Waals surface area contributed by atoms with Crippen LogP contribution in [-0.2, 0) is 23.7 Å². The Balaban J connectivity index is 1.42. The summed E-state index contributed by atoms with van der Waals surface area (Å²) in [7, 11) is -0.227. The van der Waals surface area contributed by atoms with E-state index in [4.69, 9.17) is 4.74 Å². The van der Waals surface area contributed by atoms with Crippen molar-refractivity contribution in [1.29, 1.82) is 0 Å². The summed E-state index contributed by atoms with van der Waals surface area (Å²) < 4.78 is 6.38.